The summed E-state index contributed by atoms with van der Waals surface area (Å²) in [6.45, 7) is 3.84. The molecule has 1 aromatic heterocycles. The first-order valence-electron chi connectivity index (χ1n) is 8.99. The van der Waals surface area contributed by atoms with Crippen LogP contribution in [-0.2, 0) is 0 Å². The zero-order valence-corrected chi connectivity index (χ0v) is 17.1. The number of benzene rings is 2. The number of nitrogens with one attached hydrogen (secondary N) is 1. The van der Waals surface area contributed by atoms with E-state index in [0.29, 0.717) is 16.7 Å². The number of rotatable bonds is 8. The average molecular weight is 407 g/mol. The van der Waals surface area contributed by atoms with Crippen LogP contribution in [0.4, 0.5) is 5.95 Å². The number of nitrogen functional groups attached to an aromatic ring is 1. The average Bonchev–Trinajstić information content (AvgIpc) is 3.09. The molecule has 3 rings (SSSR count). The topological polar surface area (TPSA) is 98.2 Å². The fourth-order valence-electron chi connectivity index (χ4n) is 2.36. The molecular formula is C21H22N6OS. The molecule has 8 heteroatoms. The molecule has 0 atom stereocenters. The van der Waals surface area contributed by atoms with E-state index in [1.807, 2.05) is 80.6 Å². The number of hydrogen-bond acceptors (Lipinski definition) is 7. The van der Waals surface area contributed by atoms with Crippen molar-refractivity contribution < 1.29 is 4.79 Å². The van der Waals surface area contributed by atoms with E-state index in [-0.39, 0.29) is 11.5 Å². The Kier molecular flexibility index (Phi) is 6.80. The Morgan fingerprint density at radius 1 is 1.17 bits per heavy atom. The van der Waals surface area contributed by atoms with Gasteiger partial charge in [-0.05, 0) is 25.5 Å². The van der Waals surface area contributed by atoms with E-state index in [9.17, 15) is 4.79 Å². The molecule has 0 radical (unpaired) electrons. The number of ketones is 1. The Bertz CT molecular complexity index is 1030. The number of allylic oxidation sites excluding steroid dienone is 1. The predicted molar refractivity (Wildman–Crippen MR) is 119 cm³/mol. The van der Waals surface area contributed by atoms with Crippen molar-refractivity contribution in [3.05, 3.63) is 77.4 Å². The van der Waals surface area contributed by atoms with Crippen LogP contribution in [0.25, 0.3) is 6.08 Å². The van der Waals surface area contributed by atoms with E-state index in [2.05, 4.69) is 20.7 Å². The van der Waals surface area contributed by atoms with Crippen molar-refractivity contribution in [2.45, 2.75) is 19.0 Å². The monoisotopic (exact) mass is 406 g/mol. The van der Waals surface area contributed by atoms with Gasteiger partial charge in [-0.15, -0.1) is 10.2 Å². The summed E-state index contributed by atoms with van der Waals surface area (Å²) in [7, 11) is 0. The van der Waals surface area contributed by atoms with E-state index in [1.165, 1.54) is 16.4 Å². The summed E-state index contributed by atoms with van der Waals surface area (Å²) in [5, 5.41) is 12.7. The minimum absolute atomic E-state index is 0.00687. The lowest BCUT2D eigenvalue weighted by molar-refractivity contribution is 0.102. The number of carbonyl (C=O) groups is 1. The molecule has 0 aliphatic carbocycles. The summed E-state index contributed by atoms with van der Waals surface area (Å²) in [6.07, 6.45) is 3.85. The normalized spacial score (nSPS) is 11.7. The molecule has 0 unspecified atom stereocenters. The number of thioether (sulfide) groups is 1. The van der Waals surface area contributed by atoms with Gasteiger partial charge in [0.2, 0.25) is 5.16 Å². The van der Waals surface area contributed by atoms with E-state index in [0.717, 1.165) is 16.8 Å². The van der Waals surface area contributed by atoms with E-state index < -0.39 is 0 Å². The van der Waals surface area contributed by atoms with Crippen molar-refractivity contribution in [3.63, 3.8) is 0 Å². The van der Waals surface area contributed by atoms with Gasteiger partial charge in [-0.3, -0.25) is 4.79 Å². The first-order chi connectivity index (χ1) is 14.0. The molecule has 0 spiro atoms. The molecular weight excluding hydrogens is 384 g/mol. The van der Waals surface area contributed by atoms with Crippen molar-refractivity contribution in [1.29, 1.82) is 0 Å². The third kappa shape index (κ3) is 5.79. The quantitative estimate of drug-likeness (QED) is 0.194. The molecule has 29 heavy (non-hydrogen) atoms. The Hall–Kier alpha value is -3.39. The van der Waals surface area contributed by atoms with Crippen LogP contribution >= 0.6 is 11.8 Å². The number of nitrogens with two attached hydrogens (primary N) is 1. The molecule has 0 amide bonds. The van der Waals surface area contributed by atoms with Gasteiger partial charge in [0.25, 0.3) is 5.95 Å². The zero-order valence-electron chi connectivity index (χ0n) is 16.2. The van der Waals surface area contributed by atoms with Crippen LogP contribution in [0, 0.1) is 6.92 Å². The van der Waals surface area contributed by atoms with Gasteiger partial charge in [0.05, 0.1) is 11.5 Å². The lowest BCUT2D eigenvalue weighted by Gasteiger charge is -2.03. The number of Topliss-reactive ketones (excluding diaryl/α,β-unsaturated/α-hetero) is 1. The summed E-state index contributed by atoms with van der Waals surface area (Å²) in [6, 6.07) is 17.4. The van der Waals surface area contributed by atoms with Crippen LogP contribution in [0.2, 0.25) is 0 Å². The summed E-state index contributed by atoms with van der Waals surface area (Å²) < 4.78 is 1.28. The number of hydrogen-bond donors (Lipinski definition) is 2. The molecule has 0 fully saturated rings. The molecule has 0 saturated heterocycles. The maximum Gasteiger partial charge on any atom is 0.264 e. The lowest BCUT2D eigenvalue weighted by atomic mass is 10.1. The summed E-state index contributed by atoms with van der Waals surface area (Å²) in [5.41, 5.74) is 6.41. The highest BCUT2D eigenvalue weighted by atomic mass is 32.2. The van der Waals surface area contributed by atoms with Gasteiger partial charge in [-0.1, -0.05) is 78.0 Å². The van der Waals surface area contributed by atoms with Crippen molar-refractivity contribution in [2.75, 3.05) is 17.0 Å². The molecule has 2 aromatic carbocycles. The summed E-state index contributed by atoms with van der Waals surface area (Å²) >= 11 is 1.23. The number of aromatic nitrogens is 3. The Balaban J connectivity index is 1.56. The van der Waals surface area contributed by atoms with Crippen molar-refractivity contribution in [2.24, 2.45) is 5.10 Å². The predicted octanol–water partition coefficient (Wildman–Crippen LogP) is 3.78. The highest BCUT2D eigenvalue weighted by Crippen LogP contribution is 2.18. The first-order valence-corrected chi connectivity index (χ1v) is 9.98. The Morgan fingerprint density at radius 3 is 2.62 bits per heavy atom. The lowest BCUT2D eigenvalue weighted by Crippen LogP contribution is -2.14. The second kappa shape index (κ2) is 9.70. The van der Waals surface area contributed by atoms with Gasteiger partial charge >= 0.3 is 0 Å². The minimum atomic E-state index is 0.00687. The van der Waals surface area contributed by atoms with E-state index in [1.54, 1.807) is 0 Å². The highest BCUT2D eigenvalue weighted by molar-refractivity contribution is 7.99. The van der Waals surface area contributed by atoms with Crippen LogP contribution in [0.15, 0.2) is 70.9 Å². The second-order valence-electron chi connectivity index (χ2n) is 6.36. The van der Waals surface area contributed by atoms with Crippen molar-refractivity contribution in [3.8, 4) is 0 Å². The van der Waals surface area contributed by atoms with E-state index >= 15 is 0 Å². The molecule has 1 heterocycles. The van der Waals surface area contributed by atoms with Crippen molar-refractivity contribution in [1.82, 2.24) is 14.9 Å². The number of anilines is 1. The fourth-order valence-corrected chi connectivity index (χ4v) is 3.11. The SMILES string of the molecule is CC(/C=C/c1ccccc1)=N\Nc1nnc(SCC(=O)c2ccc(C)cc2)n1N. The molecule has 0 aliphatic rings. The molecule has 3 aromatic rings. The number of aryl methyl sites for hydroxylation is 1. The minimum Gasteiger partial charge on any atom is -0.334 e. The number of carbonyl (C=O) groups excluding carboxylic acids is 1. The highest BCUT2D eigenvalue weighted by Gasteiger charge is 2.13. The third-order valence-corrected chi connectivity index (χ3v) is 4.96. The van der Waals surface area contributed by atoms with Crippen LogP contribution in [-0.4, -0.2) is 32.1 Å². The largest absolute Gasteiger partial charge is 0.334 e. The Labute approximate surface area is 173 Å². The Morgan fingerprint density at radius 2 is 1.90 bits per heavy atom. The molecule has 7 nitrogen and oxygen atoms in total. The van der Waals surface area contributed by atoms with Crippen LogP contribution in [0.1, 0.15) is 28.4 Å². The van der Waals surface area contributed by atoms with Gasteiger partial charge < -0.3 is 5.84 Å². The number of nitrogens with zero attached hydrogens (tertiary/aromatic N) is 4. The van der Waals surface area contributed by atoms with E-state index in [4.69, 9.17) is 5.84 Å². The third-order valence-electron chi connectivity index (χ3n) is 4.02. The van der Waals surface area contributed by atoms with Crippen LogP contribution in [0.3, 0.4) is 0 Å². The van der Waals surface area contributed by atoms with Gasteiger partial charge in [-0.25, -0.2) is 10.1 Å². The smallest absolute Gasteiger partial charge is 0.264 e. The summed E-state index contributed by atoms with van der Waals surface area (Å²) in [4.78, 5) is 12.3. The molecule has 0 aliphatic heterocycles. The van der Waals surface area contributed by atoms with Gasteiger partial charge in [-0.2, -0.15) is 5.10 Å². The van der Waals surface area contributed by atoms with Crippen LogP contribution in [0.5, 0.6) is 0 Å². The maximum absolute atomic E-state index is 12.3. The first kappa shape index (κ1) is 20.3. The second-order valence-corrected chi connectivity index (χ2v) is 7.31. The van der Waals surface area contributed by atoms with Gasteiger partial charge in [0, 0.05) is 5.56 Å². The molecule has 0 bridgehead atoms. The van der Waals surface area contributed by atoms with Crippen molar-refractivity contribution >= 4 is 35.3 Å². The standard InChI is InChI=1S/C21H22N6OS/c1-15-8-12-18(13-9-15)19(28)14-29-21-26-25-20(27(21)22)24-23-16(2)10-11-17-6-4-3-5-7-17/h3-13H,14,22H2,1-2H3,(H,24,25)/b11-10+,23-16+. The molecule has 148 valence electrons. The van der Waals surface area contributed by atoms with Gasteiger partial charge in [0.15, 0.2) is 5.78 Å². The maximum atomic E-state index is 12.3. The number of hydrazone groups is 1. The summed E-state index contributed by atoms with van der Waals surface area (Å²) in [5.74, 6) is 6.53. The van der Waals surface area contributed by atoms with Gasteiger partial charge in [0.1, 0.15) is 0 Å². The van der Waals surface area contributed by atoms with Crippen LogP contribution < -0.4 is 11.3 Å². The molecule has 3 N–H and O–H groups in total. The fraction of sp³-hybridized carbons (Fsp3) is 0.143. The zero-order chi connectivity index (χ0) is 20.6. The molecule has 0 saturated carbocycles.